The van der Waals surface area contributed by atoms with Crippen LogP contribution < -0.4 is 4.90 Å². The zero-order valence-electron chi connectivity index (χ0n) is 11.1. The summed E-state index contributed by atoms with van der Waals surface area (Å²) in [5.41, 5.74) is 1.00. The molecule has 0 heterocycles. The smallest absolute Gasteiger partial charge is 0.229 e. The lowest BCUT2D eigenvalue weighted by Crippen LogP contribution is -2.35. The Morgan fingerprint density at radius 1 is 1.24 bits per heavy atom. The molecule has 2 nitrogen and oxygen atoms in total. The van der Waals surface area contributed by atoms with Gasteiger partial charge in [-0.25, -0.2) is 0 Å². The largest absolute Gasteiger partial charge is 0.312 e. The van der Waals surface area contributed by atoms with Crippen molar-refractivity contribution < 1.29 is 4.79 Å². The molecule has 0 aromatic heterocycles. The van der Waals surface area contributed by atoms with E-state index in [1.807, 2.05) is 49.1 Å². The van der Waals surface area contributed by atoms with Crippen molar-refractivity contribution in [1.82, 2.24) is 0 Å². The summed E-state index contributed by atoms with van der Waals surface area (Å²) in [4.78, 5) is 14.2. The van der Waals surface area contributed by atoms with E-state index in [0.717, 1.165) is 31.5 Å². The second kappa shape index (κ2) is 7.10. The monoisotopic (exact) mass is 233 g/mol. The summed E-state index contributed by atoms with van der Waals surface area (Å²) in [6.07, 6.45) is 3.26. The van der Waals surface area contributed by atoms with E-state index in [2.05, 4.69) is 6.92 Å². The van der Waals surface area contributed by atoms with E-state index in [9.17, 15) is 4.79 Å². The SMILES string of the molecule is CCCCC(C)C(=O)N(CC)c1ccccc1. The third-order valence-electron chi connectivity index (χ3n) is 3.06. The number of para-hydroxylation sites is 1. The van der Waals surface area contributed by atoms with Gasteiger partial charge in [0.2, 0.25) is 5.91 Å². The minimum Gasteiger partial charge on any atom is -0.312 e. The zero-order valence-corrected chi connectivity index (χ0v) is 11.1. The molecule has 1 unspecified atom stereocenters. The number of benzene rings is 1. The Bertz CT molecular complexity index is 334. The summed E-state index contributed by atoms with van der Waals surface area (Å²) < 4.78 is 0. The number of unbranched alkanes of at least 4 members (excludes halogenated alkanes) is 1. The van der Waals surface area contributed by atoms with Crippen LogP contribution in [0.25, 0.3) is 0 Å². The lowest BCUT2D eigenvalue weighted by atomic mass is 10.0. The third-order valence-corrected chi connectivity index (χ3v) is 3.06. The molecule has 0 bridgehead atoms. The fourth-order valence-electron chi connectivity index (χ4n) is 1.97. The van der Waals surface area contributed by atoms with E-state index in [4.69, 9.17) is 0 Å². The predicted molar refractivity (Wildman–Crippen MR) is 73.2 cm³/mol. The van der Waals surface area contributed by atoms with E-state index in [1.165, 1.54) is 0 Å². The van der Waals surface area contributed by atoms with E-state index >= 15 is 0 Å². The first-order chi connectivity index (χ1) is 8.20. The van der Waals surface area contributed by atoms with Gasteiger partial charge in [0.05, 0.1) is 0 Å². The van der Waals surface area contributed by atoms with E-state index < -0.39 is 0 Å². The van der Waals surface area contributed by atoms with Crippen molar-refractivity contribution in [3.63, 3.8) is 0 Å². The van der Waals surface area contributed by atoms with Crippen LogP contribution in [0, 0.1) is 5.92 Å². The molecule has 0 radical (unpaired) electrons. The fraction of sp³-hybridized carbons (Fsp3) is 0.533. The van der Waals surface area contributed by atoms with E-state index in [-0.39, 0.29) is 11.8 Å². The maximum atomic E-state index is 12.3. The lowest BCUT2D eigenvalue weighted by molar-refractivity contribution is -0.122. The van der Waals surface area contributed by atoms with Gasteiger partial charge < -0.3 is 4.90 Å². The molecule has 1 aromatic carbocycles. The van der Waals surface area contributed by atoms with Crippen LogP contribution >= 0.6 is 0 Å². The normalized spacial score (nSPS) is 12.2. The third kappa shape index (κ3) is 3.88. The highest BCUT2D eigenvalue weighted by molar-refractivity contribution is 5.94. The minimum absolute atomic E-state index is 0.120. The van der Waals surface area contributed by atoms with Crippen molar-refractivity contribution in [3.05, 3.63) is 30.3 Å². The second-order valence-electron chi connectivity index (χ2n) is 4.46. The predicted octanol–water partition coefficient (Wildman–Crippen LogP) is 3.87. The first kappa shape index (κ1) is 13.8. The molecule has 0 saturated carbocycles. The van der Waals surface area contributed by atoms with Gasteiger partial charge in [0.1, 0.15) is 0 Å². The molecule has 1 rings (SSSR count). The molecule has 2 heteroatoms. The van der Waals surface area contributed by atoms with Crippen LogP contribution in [0.3, 0.4) is 0 Å². The molecule has 1 amide bonds. The van der Waals surface area contributed by atoms with Crippen LogP contribution in [0.2, 0.25) is 0 Å². The van der Waals surface area contributed by atoms with Gasteiger partial charge in [0.15, 0.2) is 0 Å². The van der Waals surface area contributed by atoms with Crippen molar-refractivity contribution in [2.75, 3.05) is 11.4 Å². The number of carbonyl (C=O) groups excluding carboxylic acids is 1. The second-order valence-corrected chi connectivity index (χ2v) is 4.46. The van der Waals surface area contributed by atoms with Crippen molar-refractivity contribution in [2.45, 2.75) is 40.0 Å². The Labute approximate surface area is 105 Å². The van der Waals surface area contributed by atoms with E-state index in [1.54, 1.807) is 0 Å². The Balaban J connectivity index is 2.71. The molecule has 0 saturated heterocycles. The zero-order chi connectivity index (χ0) is 12.7. The summed E-state index contributed by atoms with van der Waals surface area (Å²) in [6, 6.07) is 9.91. The lowest BCUT2D eigenvalue weighted by Gasteiger charge is -2.24. The minimum atomic E-state index is 0.120. The molecular formula is C15H23NO. The average molecular weight is 233 g/mol. The summed E-state index contributed by atoms with van der Waals surface area (Å²) in [5.74, 6) is 0.363. The summed E-state index contributed by atoms with van der Waals surface area (Å²) >= 11 is 0. The Morgan fingerprint density at radius 3 is 2.41 bits per heavy atom. The topological polar surface area (TPSA) is 20.3 Å². The maximum Gasteiger partial charge on any atom is 0.229 e. The number of hydrogen-bond donors (Lipinski definition) is 0. The summed E-state index contributed by atoms with van der Waals surface area (Å²) in [7, 11) is 0. The number of anilines is 1. The molecule has 0 aliphatic rings. The van der Waals surface area contributed by atoms with E-state index in [0.29, 0.717) is 0 Å². The van der Waals surface area contributed by atoms with Crippen LogP contribution in [0.5, 0.6) is 0 Å². The molecule has 1 aromatic rings. The van der Waals surface area contributed by atoms with Gasteiger partial charge in [-0.1, -0.05) is 44.9 Å². The highest BCUT2D eigenvalue weighted by atomic mass is 16.2. The Hall–Kier alpha value is -1.31. The van der Waals surface area contributed by atoms with Crippen molar-refractivity contribution in [1.29, 1.82) is 0 Å². The molecule has 17 heavy (non-hydrogen) atoms. The summed E-state index contributed by atoms with van der Waals surface area (Å²) in [5, 5.41) is 0. The number of nitrogens with zero attached hydrogens (tertiary/aromatic N) is 1. The van der Waals surface area contributed by atoms with Crippen LogP contribution in [0.4, 0.5) is 5.69 Å². The van der Waals surface area contributed by atoms with Gasteiger partial charge in [0, 0.05) is 18.2 Å². The molecule has 0 aliphatic carbocycles. The van der Waals surface area contributed by atoms with Crippen molar-refractivity contribution >= 4 is 11.6 Å². The van der Waals surface area contributed by atoms with Gasteiger partial charge in [0.25, 0.3) is 0 Å². The van der Waals surface area contributed by atoms with Crippen LogP contribution in [0.1, 0.15) is 40.0 Å². The van der Waals surface area contributed by atoms with Crippen LogP contribution in [-0.4, -0.2) is 12.5 Å². The van der Waals surface area contributed by atoms with Crippen LogP contribution in [-0.2, 0) is 4.79 Å². The average Bonchev–Trinajstić information content (AvgIpc) is 2.38. The van der Waals surface area contributed by atoms with Crippen molar-refractivity contribution in [2.24, 2.45) is 5.92 Å². The molecule has 94 valence electrons. The number of amides is 1. The van der Waals surface area contributed by atoms with Gasteiger partial charge >= 0.3 is 0 Å². The summed E-state index contributed by atoms with van der Waals surface area (Å²) in [6.45, 7) is 6.95. The first-order valence-corrected chi connectivity index (χ1v) is 6.57. The van der Waals surface area contributed by atoms with Gasteiger partial charge in [-0.3, -0.25) is 4.79 Å². The molecule has 0 N–H and O–H groups in total. The van der Waals surface area contributed by atoms with Gasteiger partial charge in [-0.15, -0.1) is 0 Å². The molecule has 0 spiro atoms. The van der Waals surface area contributed by atoms with Gasteiger partial charge in [-0.2, -0.15) is 0 Å². The standard InChI is InChI=1S/C15H23NO/c1-4-6-10-13(3)15(17)16(5-2)14-11-8-7-9-12-14/h7-9,11-13H,4-6,10H2,1-3H3. The molecule has 1 atom stereocenters. The quantitative estimate of drug-likeness (QED) is 0.730. The fourth-order valence-corrected chi connectivity index (χ4v) is 1.97. The Kier molecular flexibility index (Phi) is 5.75. The molecular weight excluding hydrogens is 210 g/mol. The van der Waals surface area contributed by atoms with Crippen LogP contribution in [0.15, 0.2) is 30.3 Å². The first-order valence-electron chi connectivity index (χ1n) is 6.57. The number of rotatable bonds is 6. The highest BCUT2D eigenvalue weighted by Crippen LogP contribution is 2.18. The molecule has 0 fully saturated rings. The van der Waals surface area contributed by atoms with Gasteiger partial charge in [-0.05, 0) is 25.5 Å². The van der Waals surface area contributed by atoms with Crippen molar-refractivity contribution in [3.8, 4) is 0 Å². The number of hydrogen-bond acceptors (Lipinski definition) is 1. The number of carbonyl (C=O) groups is 1. The molecule has 0 aliphatic heterocycles. The highest BCUT2D eigenvalue weighted by Gasteiger charge is 2.19. The maximum absolute atomic E-state index is 12.3. The Morgan fingerprint density at radius 2 is 1.88 bits per heavy atom.